The molecule has 0 saturated heterocycles. The minimum absolute atomic E-state index is 0.502. The highest BCUT2D eigenvalue weighted by Crippen LogP contribution is 2.41. The summed E-state index contributed by atoms with van der Waals surface area (Å²) in [5.41, 5.74) is 9.11. The highest BCUT2D eigenvalue weighted by atomic mass is 16.6. The molecule has 8 heteroatoms. The summed E-state index contributed by atoms with van der Waals surface area (Å²) in [6.45, 7) is 0.640. The van der Waals surface area contributed by atoms with Crippen LogP contribution in [0.3, 0.4) is 0 Å². The molecule has 0 radical (unpaired) electrons. The average Bonchev–Trinajstić information content (AvgIpc) is 3.59. The SMILES string of the molecule is C1CCCCC1.CO.CO[n+]1cccc(CNc2cc(N)nc3c(C4CC4)cnn23)c1. The van der Waals surface area contributed by atoms with Gasteiger partial charge in [0.1, 0.15) is 18.7 Å². The van der Waals surface area contributed by atoms with Crippen LogP contribution < -0.4 is 20.6 Å². The lowest BCUT2D eigenvalue weighted by atomic mass is 10.0. The van der Waals surface area contributed by atoms with Crippen molar-refractivity contribution in [1.29, 1.82) is 0 Å². The first-order valence-electron chi connectivity index (χ1n) is 11.1. The Morgan fingerprint density at radius 3 is 2.48 bits per heavy atom. The molecule has 0 spiro atoms. The lowest BCUT2D eigenvalue weighted by molar-refractivity contribution is -0.885. The summed E-state index contributed by atoms with van der Waals surface area (Å²) >= 11 is 0. The molecule has 3 heterocycles. The number of aliphatic hydroxyl groups is 1. The van der Waals surface area contributed by atoms with E-state index in [2.05, 4.69) is 15.4 Å². The topological polar surface area (TPSA) is 102 Å². The molecule has 4 N–H and O–H groups in total. The smallest absolute Gasteiger partial charge is 0.227 e. The molecule has 8 nitrogen and oxygen atoms in total. The van der Waals surface area contributed by atoms with Crippen LogP contribution in [-0.4, -0.2) is 33.9 Å². The van der Waals surface area contributed by atoms with Gasteiger partial charge in [-0.05, 0) is 24.8 Å². The van der Waals surface area contributed by atoms with Gasteiger partial charge in [-0.25, -0.2) is 4.98 Å². The van der Waals surface area contributed by atoms with Crippen molar-refractivity contribution in [3.05, 3.63) is 47.9 Å². The van der Waals surface area contributed by atoms with E-state index in [0.717, 1.165) is 24.1 Å². The zero-order chi connectivity index (χ0) is 22.1. The molecule has 2 aliphatic rings. The van der Waals surface area contributed by atoms with Gasteiger partial charge < -0.3 is 16.2 Å². The van der Waals surface area contributed by atoms with E-state index in [1.165, 1.54) is 56.9 Å². The summed E-state index contributed by atoms with van der Waals surface area (Å²) in [5.74, 6) is 1.93. The largest absolute Gasteiger partial charge is 0.400 e. The van der Waals surface area contributed by atoms with Crippen LogP contribution in [0.5, 0.6) is 0 Å². The Bertz CT molecular complexity index is 939. The summed E-state index contributed by atoms with van der Waals surface area (Å²) < 4.78 is 3.49. The second kappa shape index (κ2) is 11.5. The van der Waals surface area contributed by atoms with Gasteiger partial charge in [0, 0.05) is 41.6 Å². The van der Waals surface area contributed by atoms with E-state index < -0.39 is 0 Å². The minimum atomic E-state index is 0.502. The molecule has 0 aliphatic heterocycles. The molecular weight excluding hydrogens is 392 g/mol. The number of rotatable bonds is 5. The lowest BCUT2D eigenvalue weighted by Gasteiger charge is -2.09. The molecule has 0 bridgehead atoms. The van der Waals surface area contributed by atoms with E-state index in [1.807, 2.05) is 41.3 Å². The Kier molecular flexibility index (Phi) is 8.46. The Morgan fingerprint density at radius 1 is 1.19 bits per heavy atom. The van der Waals surface area contributed by atoms with Crippen LogP contribution in [0.4, 0.5) is 11.6 Å². The van der Waals surface area contributed by atoms with Gasteiger partial charge in [0.25, 0.3) is 0 Å². The first kappa shape index (κ1) is 22.8. The van der Waals surface area contributed by atoms with Crippen LogP contribution >= 0.6 is 0 Å². The maximum Gasteiger partial charge on any atom is 0.227 e. The quantitative estimate of drug-likeness (QED) is 0.541. The second-order valence-electron chi connectivity index (χ2n) is 7.91. The van der Waals surface area contributed by atoms with E-state index in [9.17, 15) is 0 Å². The van der Waals surface area contributed by atoms with Crippen molar-refractivity contribution in [3.8, 4) is 0 Å². The number of hydrogen-bond acceptors (Lipinski definition) is 6. The molecule has 168 valence electrons. The molecular formula is C23H35N6O2+. The summed E-state index contributed by atoms with van der Waals surface area (Å²) in [5, 5.41) is 14.9. The summed E-state index contributed by atoms with van der Waals surface area (Å²) in [6, 6.07) is 5.78. The molecule has 3 aromatic rings. The van der Waals surface area contributed by atoms with Crippen LogP contribution in [0.25, 0.3) is 5.65 Å². The molecule has 31 heavy (non-hydrogen) atoms. The average molecular weight is 428 g/mol. The van der Waals surface area contributed by atoms with E-state index in [4.69, 9.17) is 15.7 Å². The molecule has 2 aliphatic carbocycles. The lowest BCUT2D eigenvalue weighted by Crippen LogP contribution is -2.40. The van der Waals surface area contributed by atoms with E-state index in [0.29, 0.717) is 18.3 Å². The number of nitrogens with one attached hydrogen (secondary N) is 1. The summed E-state index contributed by atoms with van der Waals surface area (Å²) in [7, 11) is 2.63. The maximum absolute atomic E-state index is 7.00. The van der Waals surface area contributed by atoms with Crippen LogP contribution in [0, 0.1) is 0 Å². The normalized spacial score (nSPS) is 15.3. The fourth-order valence-electron chi connectivity index (χ4n) is 3.78. The Hall–Kier alpha value is -2.87. The van der Waals surface area contributed by atoms with E-state index in [-0.39, 0.29) is 0 Å². The molecule has 2 saturated carbocycles. The number of aliphatic hydroxyl groups excluding tert-OH is 1. The van der Waals surface area contributed by atoms with Crippen LogP contribution in [0.15, 0.2) is 36.8 Å². The van der Waals surface area contributed by atoms with Gasteiger partial charge in [-0.15, -0.1) is 0 Å². The van der Waals surface area contributed by atoms with Crippen molar-refractivity contribution in [2.75, 3.05) is 25.3 Å². The van der Waals surface area contributed by atoms with Crippen LogP contribution in [-0.2, 0) is 6.54 Å². The summed E-state index contributed by atoms with van der Waals surface area (Å²) in [6.07, 6.45) is 17.1. The monoisotopic (exact) mass is 427 g/mol. The van der Waals surface area contributed by atoms with Crippen molar-refractivity contribution < 1.29 is 14.7 Å². The van der Waals surface area contributed by atoms with Crippen molar-refractivity contribution in [2.45, 2.75) is 63.8 Å². The minimum Gasteiger partial charge on any atom is -0.400 e. The van der Waals surface area contributed by atoms with Gasteiger partial charge >= 0.3 is 0 Å². The third-order valence-corrected chi connectivity index (χ3v) is 5.56. The van der Waals surface area contributed by atoms with Gasteiger partial charge in [0.15, 0.2) is 5.65 Å². The van der Waals surface area contributed by atoms with Gasteiger partial charge in [0.2, 0.25) is 12.4 Å². The molecule has 0 atom stereocenters. The van der Waals surface area contributed by atoms with Crippen molar-refractivity contribution in [2.24, 2.45) is 0 Å². The predicted octanol–water partition coefficient (Wildman–Crippen LogP) is 3.10. The number of nitrogen functional groups attached to an aromatic ring is 1. The van der Waals surface area contributed by atoms with Gasteiger partial charge in [-0.2, -0.15) is 9.61 Å². The molecule has 0 unspecified atom stereocenters. The van der Waals surface area contributed by atoms with Crippen molar-refractivity contribution in [1.82, 2.24) is 14.6 Å². The summed E-state index contributed by atoms with van der Waals surface area (Å²) in [4.78, 5) is 9.63. The molecule has 0 aromatic carbocycles. The van der Waals surface area contributed by atoms with Crippen molar-refractivity contribution >= 4 is 17.3 Å². The maximum atomic E-state index is 7.00. The van der Waals surface area contributed by atoms with Crippen LogP contribution in [0.2, 0.25) is 0 Å². The molecule has 3 aromatic heterocycles. The number of nitrogens with two attached hydrogens (primary N) is 1. The number of aromatic nitrogens is 4. The zero-order valence-electron chi connectivity index (χ0n) is 18.6. The van der Waals surface area contributed by atoms with Crippen molar-refractivity contribution in [3.63, 3.8) is 0 Å². The van der Waals surface area contributed by atoms with E-state index >= 15 is 0 Å². The highest BCUT2D eigenvalue weighted by molar-refractivity contribution is 5.60. The number of fused-ring (bicyclic) bond motifs is 1. The standard InChI is InChI=1S/C16H19N6O.C6H12.CH4O/c1-23-21-6-2-3-11(10-21)8-18-15-7-14(17)20-16-13(12-4-5-12)9-19-22(15)16;1-2-4-6-5-3-1;1-2/h2-3,6-7,9-10,12,18H,4-5,8H2,1H3,(H2,17,20);1-6H2;2H,1H3/q+1;;. The number of nitrogens with zero attached hydrogens (tertiary/aromatic N) is 4. The third kappa shape index (κ3) is 6.30. The zero-order valence-corrected chi connectivity index (χ0v) is 18.6. The number of hydrogen-bond donors (Lipinski definition) is 3. The molecule has 0 amide bonds. The number of pyridine rings is 1. The second-order valence-corrected chi connectivity index (χ2v) is 7.91. The van der Waals surface area contributed by atoms with Gasteiger partial charge in [-0.1, -0.05) is 38.5 Å². The molecule has 5 rings (SSSR count). The Labute approximate surface area is 184 Å². The molecule has 2 fully saturated rings. The van der Waals surface area contributed by atoms with Gasteiger partial charge in [-0.3, -0.25) is 4.84 Å². The third-order valence-electron chi connectivity index (χ3n) is 5.56. The highest BCUT2D eigenvalue weighted by Gasteiger charge is 2.28. The van der Waals surface area contributed by atoms with Gasteiger partial charge in [0.05, 0.1) is 6.20 Å². The first-order valence-corrected chi connectivity index (χ1v) is 11.1. The fourth-order valence-corrected chi connectivity index (χ4v) is 3.78. The Balaban J connectivity index is 0.000000291. The predicted molar refractivity (Wildman–Crippen MR) is 122 cm³/mol. The van der Waals surface area contributed by atoms with E-state index in [1.54, 1.807) is 11.8 Å². The first-order chi connectivity index (χ1) is 15.2. The fraction of sp³-hybridized carbons (Fsp3) is 0.522. The Morgan fingerprint density at radius 2 is 1.87 bits per heavy atom. The number of anilines is 2. The van der Waals surface area contributed by atoms with Crippen LogP contribution in [0.1, 0.15) is 68.4 Å².